The first kappa shape index (κ1) is 12.0. The molecule has 1 aromatic carbocycles. The smallest absolute Gasteiger partial charge is 0.0412 e. The Morgan fingerprint density at radius 2 is 2.17 bits per heavy atom. The zero-order valence-corrected chi connectivity index (χ0v) is 11.2. The van der Waals surface area contributed by atoms with Crippen LogP contribution in [0.4, 0.5) is 5.69 Å². The molecule has 0 radical (unpaired) electrons. The molecule has 0 aromatic heterocycles. The summed E-state index contributed by atoms with van der Waals surface area (Å²) in [7, 11) is 0. The molecule has 2 N–H and O–H groups in total. The van der Waals surface area contributed by atoms with Gasteiger partial charge in [0.25, 0.3) is 0 Å². The van der Waals surface area contributed by atoms with E-state index in [1.54, 1.807) is 0 Å². The number of nitrogens with two attached hydrogens (primary N) is 1. The highest BCUT2D eigenvalue weighted by molar-refractivity contribution is 5.55. The van der Waals surface area contributed by atoms with E-state index in [-0.39, 0.29) is 0 Å². The lowest BCUT2D eigenvalue weighted by atomic mass is 10.1. The van der Waals surface area contributed by atoms with Crippen molar-refractivity contribution in [2.75, 3.05) is 31.1 Å². The maximum Gasteiger partial charge on any atom is 0.0412 e. The van der Waals surface area contributed by atoms with Gasteiger partial charge < -0.3 is 10.6 Å². The van der Waals surface area contributed by atoms with Gasteiger partial charge >= 0.3 is 0 Å². The summed E-state index contributed by atoms with van der Waals surface area (Å²) in [4.78, 5) is 5.18. The standard InChI is InChI=1S/C15H23N3/c1-12-4-5-15(13(9-12)10-16)18-8-7-17-6-2-3-14(17)11-18/h4-5,9,14H,2-3,6-8,10-11,16H2,1H3. The van der Waals surface area contributed by atoms with Gasteiger partial charge in [-0.3, -0.25) is 4.90 Å². The summed E-state index contributed by atoms with van der Waals surface area (Å²) in [6.45, 7) is 7.61. The van der Waals surface area contributed by atoms with E-state index in [9.17, 15) is 0 Å². The monoisotopic (exact) mass is 245 g/mol. The molecule has 2 saturated heterocycles. The second kappa shape index (κ2) is 4.90. The number of fused-ring (bicyclic) bond motifs is 1. The SMILES string of the molecule is Cc1ccc(N2CCN3CCCC3C2)c(CN)c1. The Hall–Kier alpha value is -1.06. The number of rotatable bonds is 2. The molecule has 2 fully saturated rings. The molecule has 3 rings (SSSR count). The fraction of sp³-hybridized carbons (Fsp3) is 0.600. The number of benzene rings is 1. The summed E-state index contributed by atoms with van der Waals surface area (Å²) in [5, 5.41) is 0. The fourth-order valence-corrected chi connectivity index (χ4v) is 3.40. The maximum absolute atomic E-state index is 5.90. The van der Waals surface area contributed by atoms with E-state index in [1.165, 1.54) is 49.3 Å². The van der Waals surface area contributed by atoms with Crippen molar-refractivity contribution in [3.63, 3.8) is 0 Å². The normalized spacial score (nSPS) is 24.3. The third-order valence-corrected chi connectivity index (χ3v) is 4.38. The fourth-order valence-electron chi connectivity index (χ4n) is 3.40. The minimum Gasteiger partial charge on any atom is -0.368 e. The summed E-state index contributed by atoms with van der Waals surface area (Å²) < 4.78 is 0. The van der Waals surface area contributed by atoms with Gasteiger partial charge in [0.05, 0.1) is 0 Å². The molecule has 0 saturated carbocycles. The Bertz CT molecular complexity index is 430. The van der Waals surface area contributed by atoms with Crippen LogP contribution in [0.1, 0.15) is 24.0 Å². The van der Waals surface area contributed by atoms with Crippen molar-refractivity contribution in [1.29, 1.82) is 0 Å². The number of hydrogen-bond acceptors (Lipinski definition) is 3. The first-order valence-electron chi connectivity index (χ1n) is 7.06. The molecule has 0 amide bonds. The van der Waals surface area contributed by atoms with Crippen molar-refractivity contribution in [1.82, 2.24) is 4.90 Å². The number of piperazine rings is 1. The second-order valence-corrected chi connectivity index (χ2v) is 5.61. The lowest BCUT2D eigenvalue weighted by Crippen LogP contribution is -2.50. The topological polar surface area (TPSA) is 32.5 Å². The Kier molecular flexibility index (Phi) is 3.27. The predicted octanol–water partition coefficient (Wildman–Crippen LogP) is 1.74. The number of hydrogen-bond donors (Lipinski definition) is 1. The van der Waals surface area contributed by atoms with Gasteiger partial charge in [-0.25, -0.2) is 0 Å². The molecular weight excluding hydrogens is 222 g/mol. The van der Waals surface area contributed by atoms with Crippen LogP contribution < -0.4 is 10.6 Å². The summed E-state index contributed by atoms with van der Waals surface area (Å²) in [6, 6.07) is 7.46. The molecule has 2 aliphatic rings. The predicted molar refractivity (Wildman–Crippen MR) is 75.9 cm³/mol. The van der Waals surface area contributed by atoms with E-state index in [0.717, 1.165) is 12.6 Å². The summed E-state index contributed by atoms with van der Waals surface area (Å²) in [5.41, 5.74) is 9.85. The van der Waals surface area contributed by atoms with Crippen LogP contribution in [0.15, 0.2) is 18.2 Å². The highest BCUT2D eigenvalue weighted by Crippen LogP contribution is 2.28. The molecule has 2 heterocycles. The van der Waals surface area contributed by atoms with Gasteiger partial charge in [-0.15, -0.1) is 0 Å². The van der Waals surface area contributed by atoms with Crippen molar-refractivity contribution in [2.45, 2.75) is 32.4 Å². The van der Waals surface area contributed by atoms with Gasteiger partial charge in [-0.2, -0.15) is 0 Å². The first-order chi connectivity index (χ1) is 8.78. The van der Waals surface area contributed by atoms with Crippen molar-refractivity contribution in [3.8, 4) is 0 Å². The molecule has 3 nitrogen and oxygen atoms in total. The van der Waals surface area contributed by atoms with Crippen molar-refractivity contribution in [3.05, 3.63) is 29.3 Å². The Morgan fingerprint density at radius 1 is 1.28 bits per heavy atom. The molecule has 98 valence electrons. The van der Waals surface area contributed by atoms with E-state index >= 15 is 0 Å². The third-order valence-electron chi connectivity index (χ3n) is 4.38. The van der Waals surface area contributed by atoms with Gasteiger partial charge in [0, 0.05) is 37.9 Å². The van der Waals surface area contributed by atoms with Crippen LogP contribution in [0, 0.1) is 6.92 Å². The molecule has 18 heavy (non-hydrogen) atoms. The van der Waals surface area contributed by atoms with Crippen LogP contribution in [-0.2, 0) is 6.54 Å². The van der Waals surface area contributed by atoms with Crippen LogP contribution >= 0.6 is 0 Å². The number of anilines is 1. The van der Waals surface area contributed by atoms with Crippen LogP contribution in [0.3, 0.4) is 0 Å². The van der Waals surface area contributed by atoms with Crippen molar-refractivity contribution < 1.29 is 0 Å². The summed E-state index contributed by atoms with van der Waals surface area (Å²) in [5.74, 6) is 0. The van der Waals surface area contributed by atoms with Gasteiger partial charge in [0.15, 0.2) is 0 Å². The van der Waals surface area contributed by atoms with Gasteiger partial charge in [0.2, 0.25) is 0 Å². The lowest BCUT2D eigenvalue weighted by molar-refractivity contribution is 0.231. The van der Waals surface area contributed by atoms with Crippen LogP contribution in [0.5, 0.6) is 0 Å². The van der Waals surface area contributed by atoms with Gasteiger partial charge in [0.1, 0.15) is 0 Å². The maximum atomic E-state index is 5.90. The lowest BCUT2D eigenvalue weighted by Gasteiger charge is -2.39. The Morgan fingerprint density at radius 3 is 3.00 bits per heavy atom. The van der Waals surface area contributed by atoms with Crippen LogP contribution in [-0.4, -0.2) is 37.1 Å². The van der Waals surface area contributed by atoms with Gasteiger partial charge in [-0.05, 0) is 37.9 Å². The first-order valence-corrected chi connectivity index (χ1v) is 7.06. The molecule has 3 heteroatoms. The van der Waals surface area contributed by atoms with E-state index < -0.39 is 0 Å². The van der Waals surface area contributed by atoms with E-state index in [4.69, 9.17) is 5.73 Å². The van der Waals surface area contributed by atoms with Gasteiger partial charge in [-0.1, -0.05) is 17.7 Å². The second-order valence-electron chi connectivity index (χ2n) is 5.61. The van der Waals surface area contributed by atoms with E-state index in [1.807, 2.05) is 0 Å². The average molecular weight is 245 g/mol. The number of aryl methyl sites for hydroxylation is 1. The van der Waals surface area contributed by atoms with E-state index in [0.29, 0.717) is 6.54 Å². The zero-order chi connectivity index (χ0) is 12.5. The number of nitrogens with zero attached hydrogens (tertiary/aromatic N) is 2. The third kappa shape index (κ3) is 2.13. The molecular formula is C15H23N3. The summed E-state index contributed by atoms with van der Waals surface area (Å²) >= 11 is 0. The largest absolute Gasteiger partial charge is 0.368 e. The van der Waals surface area contributed by atoms with Crippen LogP contribution in [0.25, 0.3) is 0 Å². The van der Waals surface area contributed by atoms with Crippen molar-refractivity contribution in [2.24, 2.45) is 5.73 Å². The Balaban J connectivity index is 1.82. The van der Waals surface area contributed by atoms with E-state index in [2.05, 4.69) is 34.9 Å². The molecule has 0 bridgehead atoms. The molecule has 1 unspecified atom stereocenters. The molecule has 1 aromatic rings. The molecule has 1 atom stereocenters. The zero-order valence-electron chi connectivity index (χ0n) is 11.2. The van der Waals surface area contributed by atoms with Crippen LogP contribution in [0.2, 0.25) is 0 Å². The summed E-state index contributed by atoms with van der Waals surface area (Å²) in [6.07, 6.45) is 2.73. The minimum absolute atomic E-state index is 0.641. The van der Waals surface area contributed by atoms with Crippen molar-refractivity contribution >= 4 is 5.69 Å². The highest BCUT2D eigenvalue weighted by Gasteiger charge is 2.30. The molecule has 2 aliphatic heterocycles. The highest BCUT2D eigenvalue weighted by atomic mass is 15.3. The Labute approximate surface area is 110 Å². The minimum atomic E-state index is 0.641. The molecule has 0 spiro atoms. The quantitative estimate of drug-likeness (QED) is 0.861. The molecule has 0 aliphatic carbocycles. The average Bonchev–Trinajstić information content (AvgIpc) is 2.85.